The fraction of sp³-hybridized carbons (Fsp3) is 0. The second kappa shape index (κ2) is 3.92. The minimum Gasteiger partial charge on any atom is -0.258 e. The minimum absolute atomic E-state index is 0.0153. The van der Waals surface area contributed by atoms with Gasteiger partial charge in [0.15, 0.2) is 0 Å². The van der Waals surface area contributed by atoms with Crippen LogP contribution >= 0.6 is 11.6 Å². The van der Waals surface area contributed by atoms with E-state index < -0.39 is 4.92 Å². The first-order valence-corrected chi connectivity index (χ1v) is 5.67. The van der Waals surface area contributed by atoms with Crippen molar-refractivity contribution in [2.75, 3.05) is 0 Å². The molecule has 0 aliphatic carbocycles. The molecule has 4 nitrogen and oxygen atoms in total. The number of non-ortho nitro benzene ring substituents is 1. The molecule has 1 aromatic heterocycles. The molecule has 0 amide bonds. The van der Waals surface area contributed by atoms with Crippen LogP contribution < -0.4 is 0 Å². The summed E-state index contributed by atoms with van der Waals surface area (Å²) in [6, 6.07) is 12.0. The van der Waals surface area contributed by atoms with Crippen molar-refractivity contribution in [2.45, 2.75) is 0 Å². The Bertz CT molecular complexity index is 786. The number of para-hydroxylation sites is 1. The molecule has 0 saturated heterocycles. The molecule has 2 aromatic carbocycles. The van der Waals surface area contributed by atoms with Gasteiger partial charge in [-0.1, -0.05) is 29.8 Å². The third kappa shape index (κ3) is 1.58. The van der Waals surface area contributed by atoms with Crippen molar-refractivity contribution >= 4 is 39.1 Å². The summed E-state index contributed by atoms with van der Waals surface area (Å²) < 4.78 is 0. The number of hydrogen-bond acceptors (Lipinski definition) is 3. The molecule has 0 spiro atoms. The summed E-state index contributed by atoms with van der Waals surface area (Å²) in [4.78, 5) is 14.8. The molecule has 1 heterocycles. The monoisotopic (exact) mass is 258 g/mol. The van der Waals surface area contributed by atoms with Crippen LogP contribution in [0, 0.1) is 10.1 Å². The van der Waals surface area contributed by atoms with Crippen LogP contribution in [0.4, 0.5) is 5.69 Å². The summed E-state index contributed by atoms with van der Waals surface area (Å²) in [5, 5.41) is 12.7. The van der Waals surface area contributed by atoms with E-state index in [0.29, 0.717) is 15.9 Å². The van der Waals surface area contributed by atoms with Gasteiger partial charge in [0, 0.05) is 22.9 Å². The van der Waals surface area contributed by atoms with E-state index in [1.165, 1.54) is 12.1 Å². The smallest absolute Gasteiger partial charge is 0.258 e. The van der Waals surface area contributed by atoms with Gasteiger partial charge in [0.2, 0.25) is 0 Å². The molecule has 0 radical (unpaired) electrons. The number of benzene rings is 2. The van der Waals surface area contributed by atoms with Crippen molar-refractivity contribution in [3.8, 4) is 0 Å². The Balaban J connectivity index is 2.45. The SMILES string of the molecule is O=[N+]([O-])c1ccc2nc3ccccc3c(Cl)c2c1. The molecular formula is C13H7ClN2O2. The number of pyridine rings is 1. The van der Waals surface area contributed by atoms with Crippen LogP contribution in [0.3, 0.4) is 0 Å². The summed E-state index contributed by atoms with van der Waals surface area (Å²) in [5.41, 5.74) is 1.45. The number of hydrogen-bond donors (Lipinski definition) is 0. The highest BCUT2D eigenvalue weighted by Gasteiger charge is 2.11. The van der Waals surface area contributed by atoms with Gasteiger partial charge in [-0.15, -0.1) is 0 Å². The lowest BCUT2D eigenvalue weighted by Crippen LogP contribution is -1.89. The number of aromatic nitrogens is 1. The third-order valence-electron chi connectivity index (χ3n) is 2.81. The van der Waals surface area contributed by atoms with Gasteiger partial charge in [0.25, 0.3) is 5.69 Å². The summed E-state index contributed by atoms with van der Waals surface area (Å²) in [7, 11) is 0. The molecule has 0 atom stereocenters. The maximum absolute atomic E-state index is 10.8. The molecule has 0 fully saturated rings. The summed E-state index contributed by atoms with van der Waals surface area (Å²) in [6.45, 7) is 0. The van der Waals surface area contributed by atoms with Crippen LogP contribution in [0.25, 0.3) is 21.8 Å². The maximum atomic E-state index is 10.8. The van der Waals surface area contributed by atoms with E-state index in [-0.39, 0.29) is 5.69 Å². The lowest BCUT2D eigenvalue weighted by molar-refractivity contribution is -0.384. The van der Waals surface area contributed by atoms with E-state index in [9.17, 15) is 10.1 Å². The highest BCUT2D eigenvalue weighted by molar-refractivity contribution is 6.40. The molecule has 0 aliphatic rings. The largest absolute Gasteiger partial charge is 0.270 e. The van der Waals surface area contributed by atoms with Gasteiger partial charge in [-0.05, 0) is 12.1 Å². The van der Waals surface area contributed by atoms with Crippen molar-refractivity contribution in [3.63, 3.8) is 0 Å². The number of nitro benzene ring substituents is 1. The molecule has 0 unspecified atom stereocenters. The van der Waals surface area contributed by atoms with Crippen molar-refractivity contribution in [2.24, 2.45) is 0 Å². The van der Waals surface area contributed by atoms with Crippen LogP contribution in [0.2, 0.25) is 5.02 Å². The van der Waals surface area contributed by atoms with E-state index >= 15 is 0 Å². The lowest BCUT2D eigenvalue weighted by atomic mass is 10.1. The van der Waals surface area contributed by atoms with Gasteiger partial charge in [0.1, 0.15) is 0 Å². The Labute approximate surface area is 107 Å². The third-order valence-corrected chi connectivity index (χ3v) is 3.22. The van der Waals surface area contributed by atoms with Crippen LogP contribution in [-0.4, -0.2) is 9.91 Å². The molecule has 0 N–H and O–H groups in total. The second-order valence-corrected chi connectivity index (χ2v) is 4.28. The fourth-order valence-corrected chi connectivity index (χ4v) is 2.25. The maximum Gasteiger partial charge on any atom is 0.270 e. The number of nitro groups is 1. The van der Waals surface area contributed by atoms with Crippen LogP contribution in [-0.2, 0) is 0 Å². The van der Waals surface area contributed by atoms with Gasteiger partial charge in [0.05, 0.1) is 21.0 Å². The Hall–Kier alpha value is -2.20. The van der Waals surface area contributed by atoms with E-state index in [4.69, 9.17) is 11.6 Å². The first kappa shape index (κ1) is 10.9. The molecule has 3 rings (SSSR count). The topological polar surface area (TPSA) is 56.0 Å². The summed E-state index contributed by atoms with van der Waals surface area (Å²) in [6.07, 6.45) is 0. The zero-order chi connectivity index (χ0) is 12.7. The molecule has 5 heteroatoms. The average Bonchev–Trinajstić information content (AvgIpc) is 2.38. The number of nitrogens with zero attached hydrogens (tertiary/aromatic N) is 2. The van der Waals surface area contributed by atoms with Crippen LogP contribution in [0.1, 0.15) is 0 Å². The van der Waals surface area contributed by atoms with Crippen molar-refractivity contribution in [1.82, 2.24) is 4.98 Å². The standard InChI is InChI=1S/C13H7ClN2O2/c14-13-9-3-1-2-4-11(9)15-12-6-5-8(16(17)18)7-10(12)13/h1-7H. The quantitative estimate of drug-likeness (QED) is 0.377. The van der Waals surface area contributed by atoms with Crippen molar-refractivity contribution < 1.29 is 4.92 Å². The predicted molar refractivity (Wildman–Crippen MR) is 70.9 cm³/mol. The summed E-state index contributed by atoms with van der Waals surface area (Å²) >= 11 is 6.29. The number of fused-ring (bicyclic) bond motifs is 2. The second-order valence-electron chi connectivity index (χ2n) is 3.90. The number of rotatable bonds is 1. The zero-order valence-corrected chi connectivity index (χ0v) is 9.89. The normalized spacial score (nSPS) is 10.9. The number of halogens is 1. The fourth-order valence-electron chi connectivity index (χ4n) is 1.94. The molecule has 0 saturated carbocycles. The Morgan fingerprint density at radius 3 is 2.56 bits per heavy atom. The van der Waals surface area contributed by atoms with E-state index in [2.05, 4.69) is 4.98 Å². The first-order valence-electron chi connectivity index (χ1n) is 5.29. The molecular weight excluding hydrogens is 252 g/mol. The minimum atomic E-state index is -0.440. The van der Waals surface area contributed by atoms with Gasteiger partial charge in [-0.3, -0.25) is 10.1 Å². The molecule has 3 aromatic rings. The molecule has 18 heavy (non-hydrogen) atoms. The van der Waals surface area contributed by atoms with E-state index in [1.54, 1.807) is 6.07 Å². The average molecular weight is 259 g/mol. The van der Waals surface area contributed by atoms with Crippen LogP contribution in [0.15, 0.2) is 42.5 Å². The Kier molecular flexibility index (Phi) is 2.38. The van der Waals surface area contributed by atoms with Crippen molar-refractivity contribution in [3.05, 3.63) is 57.6 Å². The lowest BCUT2D eigenvalue weighted by Gasteiger charge is -2.04. The van der Waals surface area contributed by atoms with E-state index in [0.717, 1.165) is 10.9 Å². The predicted octanol–water partition coefficient (Wildman–Crippen LogP) is 3.95. The molecule has 0 bridgehead atoms. The van der Waals surface area contributed by atoms with Gasteiger partial charge in [-0.25, -0.2) is 4.98 Å². The zero-order valence-electron chi connectivity index (χ0n) is 9.13. The highest BCUT2D eigenvalue weighted by atomic mass is 35.5. The van der Waals surface area contributed by atoms with Crippen LogP contribution in [0.5, 0.6) is 0 Å². The van der Waals surface area contributed by atoms with Gasteiger partial charge in [-0.2, -0.15) is 0 Å². The molecule has 88 valence electrons. The molecule has 0 aliphatic heterocycles. The van der Waals surface area contributed by atoms with Gasteiger partial charge < -0.3 is 0 Å². The summed E-state index contributed by atoms with van der Waals surface area (Å²) in [5.74, 6) is 0. The Morgan fingerprint density at radius 2 is 1.78 bits per heavy atom. The highest BCUT2D eigenvalue weighted by Crippen LogP contribution is 2.32. The van der Waals surface area contributed by atoms with Gasteiger partial charge >= 0.3 is 0 Å². The Morgan fingerprint density at radius 1 is 1.06 bits per heavy atom. The first-order chi connectivity index (χ1) is 8.66. The van der Waals surface area contributed by atoms with Crippen molar-refractivity contribution in [1.29, 1.82) is 0 Å². The van der Waals surface area contributed by atoms with E-state index in [1.807, 2.05) is 24.3 Å².